The molecular weight excluding hydrogens is 444 g/mol. The first-order valence-electron chi connectivity index (χ1n) is 11.6. The van der Waals surface area contributed by atoms with E-state index in [4.69, 9.17) is 21.1 Å². The molecule has 4 N–H and O–H groups in total. The second-order valence-corrected chi connectivity index (χ2v) is 9.99. The number of hydrogen-bond donors (Lipinski definition) is 4. The molecule has 0 spiro atoms. The van der Waals surface area contributed by atoms with Gasteiger partial charge in [0.2, 0.25) is 0 Å². The highest BCUT2D eigenvalue weighted by atomic mass is 35.5. The average Bonchev–Trinajstić information content (AvgIpc) is 3.12. The van der Waals surface area contributed by atoms with Gasteiger partial charge < -0.3 is 29.9 Å². The second kappa shape index (κ2) is 10.3. The van der Waals surface area contributed by atoms with E-state index in [1.54, 1.807) is 12.1 Å². The maximum Gasteiger partial charge on any atom is 0.119 e. The molecule has 33 heavy (non-hydrogen) atoms. The quantitative estimate of drug-likeness (QED) is 0.510. The zero-order valence-corrected chi connectivity index (χ0v) is 19.7. The van der Waals surface area contributed by atoms with E-state index in [1.807, 2.05) is 30.3 Å². The first kappa shape index (κ1) is 24.5. The van der Waals surface area contributed by atoms with Crippen LogP contribution in [0.5, 0.6) is 5.75 Å². The molecule has 180 valence electrons. The molecule has 0 radical (unpaired) electrons. The summed E-state index contributed by atoms with van der Waals surface area (Å²) in [6.45, 7) is 4.09. The SMILES string of the molecule is C[C@@H]1C[C@@H](Oc2ccc(Cc3cc([C@H]4O[C@H](CO)[C@@H](O)[C@H](O)[C@H]4O)ccc3Cl)cc2)C[C@@H]1C. The maximum atomic E-state index is 10.4. The molecule has 2 aromatic rings. The number of rotatable bonds is 6. The van der Waals surface area contributed by atoms with Crippen LogP contribution in [0, 0.1) is 11.8 Å². The molecule has 8 atom stereocenters. The molecule has 6 nitrogen and oxygen atoms in total. The first-order valence-corrected chi connectivity index (χ1v) is 12.0. The number of benzene rings is 2. The van der Waals surface area contributed by atoms with Crippen LogP contribution in [-0.2, 0) is 11.2 Å². The fourth-order valence-corrected chi connectivity index (χ4v) is 5.05. The van der Waals surface area contributed by atoms with Crippen LogP contribution in [0.4, 0.5) is 0 Å². The molecule has 1 saturated carbocycles. The molecule has 1 saturated heterocycles. The van der Waals surface area contributed by atoms with E-state index < -0.39 is 37.1 Å². The first-order chi connectivity index (χ1) is 15.8. The Morgan fingerprint density at radius 1 is 0.939 bits per heavy atom. The van der Waals surface area contributed by atoms with Gasteiger partial charge in [-0.25, -0.2) is 0 Å². The Balaban J connectivity index is 1.46. The summed E-state index contributed by atoms with van der Waals surface area (Å²) in [5.41, 5.74) is 2.53. The van der Waals surface area contributed by atoms with Gasteiger partial charge in [-0.2, -0.15) is 0 Å². The third-order valence-corrected chi connectivity index (χ3v) is 7.52. The van der Waals surface area contributed by atoms with Gasteiger partial charge in [-0.1, -0.05) is 49.7 Å². The van der Waals surface area contributed by atoms with E-state index in [0.717, 1.165) is 29.7 Å². The molecule has 2 aliphatic rings. The monoisotopic (exact) mass is 476 g/mol. The van der Waals surface area contributed by atoms with Gasteiger partial charge in [0.25, 0.3) is 0 Å². The van der Waals surface area contributed by atoms with Crippen molar-refractivity contribution in [2.75, 3.05) is 6.61 Å². The van der Waals surface area contributed by atoms with E-state index in [1.165, 1.54) is 0 Å². The van der Waals surface area contributed by atoms with E-state index in [9.17, 15) is 20.4 Å². The molecule has 0 unspecified atom stereocenters. The molecule has 4 rings (SSSR count). The summed E-state index contributed by atoms with van der Waals surface area (Å²) < 4.78 is 11.8. The van der Waals surface area contributed by atoms with Crippen molar-refractivity contribution in [1.29, 1.82) is 0 Å². The van der Waals surface area contributed by atoms with E-state index in [-0.39, 0.29) is 6.10 Å². The van der Waals surface area contributed by atoms with Gasteiger partial charge in [0, 0.05) is 5.02 Å². The summed E-state index contributed by atoms with van der Waals surface area (Å²) in [5, 5.41) is 40.6. The highest BCUT2D eigenvalue weighted by molar-refractivity contribution is 6.31. The molecule has 1 aliphatic carbocycles. The molecule has 2 aromatic carbocycles. The standard InChI is InChI=1S/C26H33ClO6/c1-14-9-20(10-15(14)2)32-19-6-3-16(4-7-19)11-18-12-17(5-8-21(18)27)26-25(31)24(30)23(29)22(13-28)33-26/h3-8,12,14-15,20,22-26,28-31H,9-11,13H2,1-2H3/t14-,15+,20-,22-,23-,24+,25-,26-/m1/s1. The number of halogens is 1. The van der Waals surface area contributed by atoms with Crippen LogP contribution in [0.15, 0.2) is 42.5 Å². The van der Waals surface area contributed by atoms with Crippen LogP contribution in [0.3, 0.4) is 0 Å². The Bertz CT molecular complexity index is 923. The third-order valence-electron chi connectivity index (χ3n) is 7.15. The largest absolute Gasteiger partial charge is 0.490 e. The molecule has 1 heterocycles. The maximum absolute atomic E-state index is 10.4. The number of ether oxygens (including phenoxy) is 2. The van der Waals surface area contributed by atoms with E-state index in [0.29, 0.717) is 28.8 Å². The molecule has 0 aromatic heterocycles. The minimum absolute atomic E-state index is 0.269. The van der Waals surface area contributed by atoms with Crippen LogP contribution >= 0.6 is 11.6 Å². The van der Waals surface area contributed by atoms with Gasteiger partial charge in [0.1, 0.15) is 36.3 Å². The molecule has 0 amide bonds. The Morgan fingerprint density at radius 2 is 1.61 bits per heavy atom. The van der Waals surface area contributed by atoms with Gasteiger partial charge >= 0.3 is 0 Å². The summed E-state index contributed by atoms with van der Waals surface area (Å²) in [6.07, 6.45) is -2.95. The Hall–Kier alpha value is -1.67. The lowest BCUT2D eigenvalue weighted by atomic mass is 9.90. The van der Waals surface area contributed by atoms with Gasteiger partial charge in [-0.3, -0.25) is 0 Å². The highest BCUT2D eigenvalue weighted by Crippen LogP contribution is 2.35. The minimum atomic E-state index is -1.42. The van der Waals surface area contributed by atoms with Crippen LogP contribution < -0.4 is 4.74 Å². The Morgan fingerprint density at radius 3 is 2.24 bits per heavy atom. The average molecular weight is 477 g/mol. The van der Waals surface area contributed by atoms with Crippen LogP contribution in [0.2, 0.25) is 5.02 Å². The van der Waals surface area contributed by atoms with E-state index >= 15 is 0 Å². The van der Waals surface area contributed by atoms with Gasteiger partial charge in [0.15, 0.2) is 0 Å². The molecule has 7 heteroatoms. The van der Waals surface area contributed by atoms with Crippen molar-refractivity contribution < 1.29 is 29.9 Å². The molecular formula is C26H33ClO6. The van der Waals surface area contributed by atoms with E-state index in [2.05, 4.69) is 13.8 Å². The van der Waals surface area contributed by atoms with Crippen molar-refractivity contribution in [3.8, 4) is 5.75 Å². The lowest BCUT2D eigenvalue weighted by Gasteiger charge is -2.40. The number of hydrogen-bond acceptors (Lipinski definition) is 6. The van der Waals surface area contributed by atoms with Crippen molar-refractivity contribution >= 4 is 11.6 Å². The fourth-order valence-electron chi connectivity index (χ4n) is 4.87. The van der Waals surface area contributed by atoms with Crippen molar-refractivity contribution in [2.24, 2.45) is 11.8 Å². The van der Waals surface area contributed by atoms with Crippen molar-refractivity contribution in [1.82, 2.24) is 0 Å². The predicted octanol–water partition coefficient (Wildman–Crippen LogP) is 3.26. The zero-order valence-electron chi connectivity index (χ0n) is 19.0. The van der Waals surface area contributed by atoms with Gasteiger partial charge in [0.05, 0.1) is 12.7 Å². The van der Waals surface area contributed by atoms with Crippen LogP contribution in [-0.4, -0.2) is 57.6 Å². The van der Waals surface area contributed by atoms with Crippen LogP contribution in [0.25, 0.3) is 0 Å². The third kappa shape index (κ3) is 5.37. The lowest BCUT2D eigenvalue weighted by molar-refractivity contribution is -0.231. The highest BCUT2D eigenvalue weighted by Gasteiger charge is 2.44. The summed E-state index contributed by atoms with van der Waals surface area (Å²) in [4.78, 5) is 0. The predicted molar refractivity (Wildman–Crippen MR) is 125 cm³/mol. The summed E-state index contributed by atoms with van der Waals surface area (Å²) >= 11 is 6.44. The number of aliphatic hydroxyl groups is 4. The topological polar surface area (TPSA) is 99.4 Å². The molecule has 1 aliphatic heterocycles. The summed E-state index contributed by atoms with van der Waals surface area (Å²) in [7, 11) is 0. The Kier molecular flexibility index (Phi) is 7.63. The fraction of sp³-hybridized carbons (Fsp3) is 0.538. The van der Waals surface area contributed by atoms with Crippen molar-refractivity contribution in [2.45, 2.75) is 69.7 Å². The summed E-state index contributed by atoms with van der Waals surface area (Å²) in [5.74, 6) is 2.24. The smallest absolute Gasteiger partial charge is 0.119 e. The van der Waals surface area contributed by atoms with Gasteiger partial charge in [-0.05, 0) is 66.0 Å². The van der Waals surface area contributed by atoms with Gasteiger partial charge in [-0.15, -0.1) is 0 Å². The Labute approximate surface area is 199 Å². The van der Waals surface area contributed by atoms with Crippen molar-refractivity contribution in [3.05, 3.63) is 64.2 Å². The normalized spacial score (nSPS) is 34.4. The zero-order chi connectivity index (χ0) is 23.7. The molecule has 0 bridgehead atoms. The van der Waals surface area contributed by atoms with Crippen molar-refractivity contribution in [3.63, 3.8) is 0 Å². The number of aliphatic hydroxyl groups excluding tert-OH is 4. The molecule has 2 fully saturated rings. The van der Waals surface area contributed by atoms with Crippen LogP contribution in [0.1, 0.15) is 49.5 Å². The minimum Gasteiger partial charge on any atom is -0.490 e. The summed E-state index contributed by atoms with van der Waals surface area (Å²) in [6, 6.07) is 13.3. The second-order valence-electron chi connectivity index (χ2n) is 9.59. The lowest BCUT2D eigenvalue weighted by Crippen LogP contribution is -2.55.